The average molecular weight is 443 g/mol. The number of nitrogens with zero attached hydrogens (tertiary/aromatic N) is 2. The summed E-state index contributed by atoms with van der Waals surface area (Å²) in [4.78, 5) is 10.8. The highest BCUT2D eigenvalue weighted by Gasteiger charge is 2.07. The van der Waals surface area contributed by atoms with Crippen molar-refractivity contribution in [3.8, 4) is 16.9 Å². The fraction of sp³-hybridized carbons (Fsp3) is 0.154. The number of nitrogens with one attached hydrogen (secondary N) is 1. The van der Waals surface area contributed by atoms with Crippen molar-refractivity contribution in [2.45, 2.75) is 30.2 Å². The van der Waals surface area contributed by atoms with Crippen molar-refractivity contribution in [1.29, 1.82) is 0 Å². The highest BCUT2D eigenvalue weighted by Crippen LogP contribution is 2.35. The molecule has 4 aromatic rings. The Kier molecular flexibility index (Phi) is 6.92. The number of aryl methyl sites for hydroxylation is 1. The summed E-state index contributed by atoms with van der Waals surface area (Å²) in [5, 5.41) is 3.47. The van der Waals surface area contributed by atoms with E-state index in [-0.39, 0.29) is 0 Å². The molecule has 3 aromatic carbocycles. The SMILES string of the molecule is CCOc1ccc(-c2ccc(Sc3ccccc3NCc3cnc(C)nc3N)cc2)cc1. The molecular formula is C26H26N4OS. The third-order valence-corrected chi connectivity index (χ3v) is 6.04. The van der Waals surface area contributed by atoms with Crippen LogP contribution in [0.2, 0.25) is 0 Å². The fourth-order valence-corrected chi connectivity index (χ4v) is 4.22. The van der Waals surface area contributed by atoms with Crippen LogP contribution in [0.1, 0.15) is 18.3 Å². The van der Waals surface area contributed by atoms with E-state index in [9.17, 15) is 0 Å². The van der Waals surface area contributed by atoms with Gasteiger partial charge in [0.25, 0.3) is 0 Å². The van der Waals surface area contributed by atoms with Crippen molar-refractivity contribution >= 4 is 23.3 Å². The molecule has 0 bridgehead atoms. The Bertz CT molecular complexity index is 1180. The van der Waals surface area contributed by atoms with Crippen molar-refractivity contribution in [1.82, 2.24) is 9.97 Å². The van der Waals surface area contributed by atoms with E-state index < -0.39 is 0 Å². The minimum Gasteiger partial charge on any atom is -0.494 e. The lowest BCUT2D eigenvalue weighted by atomic mass is 10.1. The summed E-state index contributed by atoms with van der Waals surface area (Å²) in [6.45, 7) is 5.07. The summed E-state index contributed by atoms with van der Waals surface area (Å²) in [6, 6.07) is 25.1. The van der Waals surface area contributed by atoms with Gasteiger partial charge in [0.15, 0.2) is 0 Å². The standard InChI is InChI=1S/C26H26N4OS/c1-3-31-22-12-8-19(9-13-22)20-10-14-23(15-11-20)32-25-7-5-4-6-24(25)29-17-21-16-28-18(2)30-26(21)27/h4-16,29H,3,17H2,1-2H3,(H2,27,28,30). The van der Waals surface area contributed by atoms with Crippen molar-refractivity contribution in [3.05, 3.63) is 90.4 Å². The van der Waals surface area contributed by atoms with Crippen molar-refractivity contribution in [3.63, 3.8) is 0 Å². The second kappa shape index (κ2) is 10.2. The van der Waals surface area contributed by atoms with Crippen LogP contribution >= 0.6 is 11.8 Å². The number of hydrogen-bond donors (Lipinski definition) is 2. The molecule has 0 fully saturated rings. The van der Waals surface area contributed by atoms with Crippen molar-refractivity contribution in [2.75, 3.05) is 17.7 Å². The maximum Gasteiger partial charge on any atom is 0.132 e. The first-order chi connectivity index (χ1) is 15.6. The van der Waals surface area contributed by atoms with Crippen LogP contribution in [0.4, 0.5) is 11.5 Å². The number of nitrogens with two attached hydrogens (primary N) is 1. The lowest BCUT2D eigenvalue weighted by Crippen LogP contribution is -2.07. The number of anilines is 2. The monoisotopic (exact) mass is 442 g/mol. The molecule has 0 aliphatic rings. The van der Waals surface area contributed by atoms with Crippen LogP contribution in [0.15, 0.2) is 88.8 Å². The van der Waals surface area contributed by atoms with Gasteiger partial charge in [0.2, 0.25) is 0 Å². The molecule has 0 atom stereocenters. The van der Waals surface area contributed by atoms with Gasteiger partial charge in [-0.15, -0.1) is 0 Å². The van der Waals surface area contributed by atoms with E-state index in [2.05, 4.69) is 63.8 Å². The molecule has 162 valence electrons. The van der Waals surface area contributed by atoms with Crippen molar-refractivity contribution < 1.29 is 4.74 Å². The zero-order valence-electron chi connectivity index (χ0n) is 18.2. The first kappa shape index (κ1) is 21.7. The zero-order valence-corrected chi connectivity index (χ0v) is 19.0. The molecule has 32 heavy (non-hydrogen) atoms. The molecule has 0 radical (unpaired) electrons. The number of benzene rings is 3. The van der Waals surface area contributed by atoms with Gasteiger partial charge in [0, 0.05) is 33.8 Å². The molecule has 5 nitrogen and oxygen atoms in total. The van der Waals surface area contributed by atoms with Gasteiger partial charge in [-0.1, -0.05) is 48.2 Å². The summed E-state index contributed by atoms with van der Waals surface area (Å²) in [7, 11) is 0. The second-order valence-electron chi connectivity index (χ2n) is 7.26. The number of ether oxygens (including phenoxy) is 1. The van der Waals surface area contributed by atoms with E-state index in [0.717, 1.165) is 21.9 Å². The van der Waals surface area contributed by atoms with Gasteiger partial charge in [-0.2, -0.15) is 0 Å². The predicted octanol–water partition coefficient (Wildman–Crippen LogP) is 6.20. The van der Waals surface area contributed by atoms with E-state index in [1.165, 1.54) is 16.0 Å². The van der Waals surface area contributed by atoms with E-state index in [1.54, 1.807) is 18.0 Å². The van der Waals surface area contributed by atoms with Gasteiger partial charge < -0.3 is 15.8 Å². The molecule has 0 aliphatic carbocycles. The lowest BCUT2D eigenvalue weighted by molar-refractivity contribution is 0.340. The van der Waals surface area contributed by atoms with Crippen LogP contribution in [-0.4, -0.2) is 16.6 Å². The summed E-state index contributed by atoms with van der Waals surface area (Å²) >= 11 is 1.72. The molecule has 1 aromatic heterocycles. The molecule has 0 unspecified atom stereocenters. The van der Waals surface area contributed by atoms with Crippen LogP contribution < -0.4 is 15.8 Å². The van der Waals surface area contributed by atoms with E-state index in [4.69, 9.17) is 10.5 Å². The molecule has 4 rings (SSSR count). The smallest absolute Gasteiger partial charge is 0.132 e. The van der Waals surface area contributed by atoms with Crippen LogP contribution in [0.5, 0.6) is 5.75 Å². The minimum atomic E-state index is 0.514. The van der Waals surface area contributed by atoms with Crippen LogP contribution in [-0.2, 0) is 6.54 Å². The van der Waals surface area contributed by atoms with E-state index >= 15 is 0 Å². The molecule has 1 heterocycles. The summed E-state index contributed by atoms with van der Waals surface area (Å²) in [6.07, 6.45) is 1.78. The minimum absolute atomic E-state index is 0.514. The molecule has 6 heteroatoms. The first-order valence-corrected chi connectivity index (χ1v) is 11.4. The van der Waals surface area contributed by atoms with Gasteiger partial charge in [0.05, 0.1) is 6.61 Å². The molecule has 0 amide bonds. The van der Waals surface area contributed by atoms with Gasteiger partial charge >= 0.3 is 0 Å². The molecule has 3 N–H and O–H groups in total. The number of aromatic nitrogens is 2. The van der Waals surface area contributed by atoms with Gasteiger partial charge in [-0.05, 0) is 61.4 Å². The first-order valence-electron chi connectivity index (χ1n) is 10.5. The third kappa shape index (κ3) is 5.39. The summed E-state index contributed by atoms with van der Waals surface area (Å²) < 4.78 is 5.53. The molecule has 0 saturated carbocycles. The highest BCUT2D eigenvalue weighted by atomic mass is 32.2. The topological polar surface area (TPSA) is 73.1 Å². The van der Waals surface area contributed by atoms with E-state index in [1.807, 2.05) is 38.1 Å². The zero-order chi connectivity index (χ0) is 22.3. The maximum absolute atomic E-state index is 6.03. The highest BCUT2D eigenvalue weighted by molar-refractivity contribution is 7.99. The van der Waals surface area contributed by atoms with Gasteiger partial charge in [0.1, 0.15) is 17.4 Å². The summed E-state index contributed by atoms with van der Waals surface area (Å²) in [5.74, 6) is 2.09. The Morgan fingerprint density at radius 1 is 0.938 bits per heavy atom. The molecule has 0 spiro atoms. The van der Waals surface area contributed by atoms with Crippen LogP contribution in [0, 0.1) is 6.92 Å². The third-order valence-electron chi connectivity index (χ3n) is 4.96. The largest absolute Gasteiger partial charge is 0.494 e. The van der Waals surface area contributed by atoms with Gasteiger partial charge in [-0.3, -0.25) is 0 Å². The molecule has 0 saturated heterocycles. The number of hydrogen-bond acceptors (Lipinski definition) is 6. The van der Waals surface area contributed by atoms with E-state index in [0.29, 0.717) is 24.8 Å². The van der Waals surface area contributed by atoms with Crippen molar-refractivity contribution in [2.24, 2.45) is 0 Å². The Labute approximate surface area is 193 Å². The molecule has 0 aliphatic heterocycles. The Balaban J connectivity index is 1.45. The Morgan fingerprint density at radius 2 is 1.62 bits per heavy atom. The summed E-state index contributed by atoms with van der Waals surface area (Å²) in [5.41, 5.74) is 10.3. The average Bonchev–Trinajstić information content (AvgIpc) is 2.81. The Hall–Kier alpha value is -3.51. The fourth-order valence-electron chi connectivity index (χ4n) is 3.29. The van der Waals surface area contributed by atoms with Gasteiger partial charge in [-0.25, -0.2) is 9.97 Å². The quantitative estimate of drug-likeness (QED) is 0.339. The predicted molar refractivity (Wildman–Crippen MR) is 132 cm³/mol. The number of para-hydroxylation sites is 1. The second-order valence-corrected chi connectivity index (χ2v) is 8.38. The Morgan fingerprint density at radius 3 is 2.31 bits per heavy atom. The van der Waals surface area contributed by atoms with Crippen LogP contribution in [0.3, 0.4) is 0 Å². The van der Waals surface area contributed by atoms with Crippen LogP contribution in [0.25, 0.3) is 11.1 Å². The normalized spacial score (nSPS) is 10.7. The number of nitrogen functional groups attached to an aromatic ring is 1. The molecular weight excluding hydrogens is 416 g/mol. The number of rotatable bonds is 8. The maximum atomic E-state index is 6.03. The lowest BCUT2D eigenvalue weighted by Gasteiger charge is -2.13.